The second-order valence-corrected chi connectivity index (χ2v) is 5.26. The summed E-state index contributed by atoms with van der Waals surface area (Å²) in [5.74, 6) is 0.414. The maximum atomic E-state index is 12.1. The Labute approximate surface area is 112 Å². The number of rotatable bonds is 1. The van der Waals surface area contributed by atoms with E-state index in [0.717, 1.165) is 5.56 Å². The van der Waals surface area contributed by atoms with Gasteiger partial charge >= 0.3 is 0 Å². The van der Waals surface area contributed by atoms with Crippen LogP contribution in [0.4, 0.5) is 0 Å². The number of carbonyl (C=O) groups excluding carboxylic acids is 1. The Morgan fingerprint density at radius 2 is 1.79 bits per heavy atom. The van der Waals surface area contributed by atoms with E-state index in [2.05, 4.69) is 26.0 Å². The average Bonchev–Trinajstić information content (AvgIpc) is 2.66. The molecule has 1 unspecified atom stereocenters. The molecule has 0 aromatic heterocycles. The number of hydrogen-bond acceptors (Lipinski definition) is 2. The molecule has 2 aromatic carbocycles. The zero-order valence-electron chi connectivity index (χ0n) is 11.1. The van der Waals surface area contributed by atoms with Gasteiger partial charge in [-0.2, -0.15) is 0 Å². The molecule has 1 aliphatic carbocycles. The topological polar surface area (TPSA) is 37.3 Å². The smallest absolute Gasteiger partial charge is 0.164 e. The third-order valence-electron chi connectivity index (χ3n) is 3.99. The molecule has 96 valence electrons. The predicted molar refractivity (Wildman–Crippen MR) is 74.8 cm³/mol. The van der Waals surface area contributed by atoms with Gasteiger partial charge in [0.05, 0.1) is 0 Å². The van der Waals surface area contributed by atoms with Gasteiger partial charge in [-0.05, 0) is 48.2 Å². The number of Topliss-reactive ketones (excluding diaryl/α,β-unsaturated/α-hetero) is 1. The van der Waals surface area contributed by atoms with E-state index < -0.39 is 0 Å². The minimum absolute atomic E-state index is 0.124. The van der Waals surface area contributed by atoms with Gasteiger partial charge in [0.15, 0.2) is 5.78 Å². The lowest BCUT2D eigenvalue weighted by Crippen LogP contribution is -2.02. The summed E-state index contributed by atoms with van der Waals surface area (Å²) in [6.07, 6.45) is 0.504. The Morgan fingerprint density at radius 3 is 2.47 bits per heavy atom. The molecule has 0 aliphatic heterocycles. The molecule has 2 aromatic rings. The molecular weight excluding hydrogens is 236 g/mol. The first-order chi connectivity index (χ1) is 9.08. The minimum Gasteiger partial charge on any atom is -0.508 e. The first-order valence-corrected chi connectivity index (χ1v) is 6.50. The van der Waals surface area contributed by atoms with Crippen molar-refractivity contribution in [3.8, 4) is 5.75 Å². The molecule has 3 rings (SSSR count). The number of phenols is 1. The Bertz CT molecular complexity index is 651. The molecule has 0 spiro atoms. The zero-order valence-corrected chi connectivity index (χ0v) is 11.1. The summed E-state index contributed by atoms with van der Waals surface area (Å²) in [4.78, 5) is 12.1. The van der Waals surface area contributed by atoms with Gasteiger partial charge in [0.1, 0.15) is 5.75 Å². The van der Waals surface area contributed by atoms with Crippen LogP contribution in [0.2, 0.25) is 0 Å². The number of aryl methyl sites for hydroxylation is 2. The molecule has 0 fully saturated rings. The van der Waals surface area contributed by atoms with Crippen molar-refractivity contribution < 1.29 is 9.90 Å². The van der Waals surface area contributed by atoms with Crippen LogP contribution in [0.1, 0.15) is 45.0 Å². The van der Waals surface area contributed by atoms with Crippen LogP contribution in [0.15, 0.2) is 36.4 Å². The van der Waals surface area contributed by atoms with Crippen molar-refractivity contribution in [2.45, 2.75) is 26.2 Å². The molecular formula is C17H16O2. The van der Waals surface area contributed by atoms with E-state index in [-0.39, 0.29) is 17.5 Å². The number of phenolic OH excluding ortho intramolecular Hbond substituents is 1. The van der Waals surface area contributed by atoms with Crippen LogP contribution < -0.4 is 0 Å². The van der Waals surface area contributed by atoms with Crippen LogP contribution in [0.25, 0.3) is 0 Å². The zero-order chi connectivity index (χ0) is 13.6. The lowest BCUT2D eigenvalue weighted by Gasteiger charge is -2.17. The van der Waals surface area contributed by atoms with Crippen molar-refractivity contribution in [2.75, 3.05) is 0 Å². The number of fused-ring (bicyclic) bond motifs is 1. The largest absolute Gasteiger partial charge is 0.508 e. The second-order valence-electron chi connectivity index (χ2n) is 5.26. The fraction of sp³-hybridized carbons (Fsp3) is 0.235. The van der Waals surface area contributed by atoms with Gasteiger partial charge in [0.2, 0.25) is 0 Å². The molecule has 19 heavy (non-hydrogen) atoms. The molecule has 1 atom stereocenters. The molecule has 0 bridgehead atoms. The molecule has 0 radical (unpaired) electrons. The van der Waals surface area contributed by atoms with Crippen LogP contribution in [0, 0.1) is 13.8 Å². The second kappa shape index (κ2) is 4.23. The molecule has 0 saturated heterocycles. The molecule has 1 N–H and O–H groups in total. The molecule has 0 saturated carbocycles. The monoisotopic (exact) mass is 252 g/mol. The lowest BCUT2D eigenvalue weighted by atomic mass is 9.87. The highest BCUT2D eigenvalue weighted by atomic mass is 16.3. The maximum absolute atomic E-state index is 12.1. The standard InChI is InChI=1S/C17H16O2/c1-10-4-3-5-11(2)17(10)15-9-16(19)14-8-12(18)6-7-13(14)15/h3-8,15,18H,9H2,1-2H3. The molecule has 2 nitrogen and oxygen atoms in total. The maximum Gasteiger partial charge on any atom is 0.164 e. The summed E-state index contributed by atoms with van der Waals surface area (Å²) in [5.41, 5.74) is 5.41. The van der Waals surface area contributed by atoms with E-state index in [0.29, 0.717) is 12.0 Å². The third kappa shape index (κ3) is 1.84. The Kier molecular flexibility index (Phi) is 2.67. The molecule has 1 aliphatic rings. The minimum atomic E-state index is 0.124. The highest BCUT2D eigenvalue weighted by molar-refractivity contribution is 6.02. The third-order valence-corrected chi connectivity index (χ3v) is 3.99. The van der Waals surface area contributed by atoms with Gasteiger partial charge in [-0.1, -0.05) is 24.3 Å². The van der Waals surface area contributed by atoms with E-state index in [1.165, 1.54) is 16.7 Å². The van der Waals surface area contributed by atoms with Gasteiger partial charge in [0.25, 0.3) is 0 Å². The van der Waals surface area contributed by atoms with Crippen LogP contribution in [0.5, 0.6) is 5.75 Å². The highest BCUT2D eigenvalue weighted by Gasteiger charge is 2.32. The quantitative estimate of drug-likeness (QED) is 0.839. The number of ketones is 1. The Morgan fingerprint density at radius 1 is 1.11 bits per heavy atom. The lowest BCUT2D eigenvalue weighted by molar-refractivity contribution is 0.0991. The number of carbonyl (C=O) groups is 1. The van der Waals surface area contributed by atoms with Crippen molar-refractivity contribution in [2.24, 2.45) is 0 Å². The molecule has 2 heteroatoms. The van der Waals surface area contributed by atoms with E-state index in [1.54, 1.807) is 12.1 Å². The van der Waals surface area contributed by atoms with Crippen molar-refractivity contribution in [3.63, 3.8) is 0 Å². The summed E-state index contributed by atoms with van der Waals surface area (Å²) in [5, 5.41) is 9.53. The van der Waals surface area contributed by atoms with Crippen LogP contribution in [-0.2, 0) is 0 Å². The van der Waals surface area contributed by atoms with Gasteiger partial charge in [-0.15, -0.1) is 0 Å². The van der Waals surface area contributed by atoms with Gasteiger partial charge in [-0.25, -0.2) is 0 Å². The highest BCUT2D eigenvalue weighted by Crippen LogP contribution is 2.41. The number of aromatic hydroxyl groups is 1. The predicted octanol–water partition coefficient (Wildman–Crippen LogP) is 3.73. The van der Waals surface area contributed by atoms with Crippen molar-refractivity contribution in [3.05, 3.63) is 64.2 Å². The average molecular weight is 252 g/mol. The molecule has 0 amide bonds. The van der Waals surface area contributed by atoms with Crippen LogP contribution in [-0.4, -0.2) is 10.9 Å². The van der Waals surface area contributed by atoms with Crippen molar-refractivity contribution >= 4 is 5.78 Å². The Hall–Kier alpha value is -2.09. The van der Waals surface area contributed by atoms with E-state index in [9.17, 15) is 9.90 Å². The van der Waals surface area contributed by atoms with E-state index in [4.69, 9.17) is 0 Å². The van der Waals surface area contributed by atoms with Gasteiger partial charge in [0, 0.05) is 17.9 Å². The van der Waals surface area contributed by atoms with Gasteiger partial charge < -0.3 is 5.11 Å². The molecule has 0 heterocycles. The summed E-state index contributed by atoms with van der Waals surface area (Å²) >= 11 is 0. The van der Waals surface area contributed by atoms with Crippen molar-refractivity contribution in [1.82, 2.24) is 0 Å². The van der Waals surface area contributed by atoms with E-state index >= 15 is 0 Å². The summed E-state index contributed by atoms with van der Waals surface area (Å²) in [7, 11) is 0. The summed E-state index contributed by atoms with van der Waals surface area (Å²) in [6, 6.07) is 11.4. The van der Waals surface area contributed by atoms with Crippen molar-refractivity contribution in [1.29, 1.82) is 0 Å². The van der Waals surface area contributed by atoms with Gasteiger partial charge in [-0.3, -0.25) is 4.79 Å². The fourth-order valence-corrected chi connectivity index (χ4v) is 3.13. The fourth-order valence-electron chi connectivity index (χ4n) is 3.13. The van der Waals surface area contributed by atoms with E-state index in [1.807, 2.05) is 12.1 Å². The summed E-state index contributed by atoms with van der Waals surface area (Å²) < 4.78 is 0. The number of benzene rings is 2. The SMILES string of the molecule is Cc1cccc(C)c1C1CC(=O)c2cc(O)ccc21. The Balaban J connectivity index is 2.18. The van der Waals surface area contributed by atoms with Crippen LogP contribution >= 0.6 is 0 Å². The first kappa shape index (κ1) is 12.0. The normalized spacial score (nSPS) is 17.6. The first-order valence-electron chi connectivity index (χ1n) is 6.50. The number of hydrogen-bond donors (Lipinski definition) is 1. The summed E-state index contributed by atoms with van der Waals surface area (Å²) in [6.45, 7) is 4.18. The van der Waals surface area contributed by atoms with Crippen LogP contribution in [0.3, 0.4) is 0 Å².